The molecule has 0 bridgehead atoms. The minimum atomic E-state index is -0.854. The van der Waals surface area contributed by atoms with Crippen LogP contribution in [0.1, 0.15) is 19.3 Å². The van der Waals surface area contributed by atoms with Crippen molar-refractivity contribution in [2.24, 2.45) is 5.41 Å². The zero-order valence-corrected chi connectivity index (χ0v) is 11.8. The van der Waals surface area contributed by atoms with E-state index < -0.39 is 5.41 Å². The lowest BCUT2D eigenvalue weighted by atomic mass is 9.69. The average molecular weight is 294 g/mol. The van der Waals surface area contributed by atoms with Gasteiger partial charge in [0.1, 0.15) is 11.2 Å². The Hall–Kier alpha value is -2.94. The Morgan fingerprint density at radius 1 is 1.23 bits per heavy atom. The number of benzene rings is 1. The predicted molar refractivity (Wildman–Crippen MR) is 79.1 cm³/mol. The summed E-state index contributed by atoms with van der Waals surface area (Å²) in [6, 6.07) is 11.0. The summed E-state index contributed by atoms with van der Waals surface area (Å²) < 4.78 is 5.47. The van der Waals surface area contributed by atoms with Crippen LogP contribution in [0.15, 0.2) is 42.7 Å². The molecule has 1 aliphatic carbocycles. The Morgan fingerprint density at radius 3 is 2.45 bits per heavy atom. The Morgan fingerprint density at radius 2 is 1.91 bits per heavy atom. The van der Waals surface area contributed by atoms with E-state index in [-0.39, 0.29) is 11.9 Å². The van der Waals surface area contributed by atoms with Gasteiger partial charge in [0.25, 0.3) is 0 Å². The molecule has 1 saturated carbocycles. The molecule has 1 heterocycles. The third-order valence-electron chi connectivity index (χ3n) is 3.72. The number of carbonyl (C=O) groups excluding carboxylic acids is 1. The highest BCUT2D eigenvalue weighted by Gasteiger charge is 2.44. The number of nitriles is 1. The van der Waals surface area contributed by atoms with Crippen LogP contribution in [0, 0.1) is 16.7 Å². The first kappa shape index (κ1) is 14.0. The van der Waals surface area contributed by atoms with E-state index in [0.717, 1.165) is 6.42 Å². The van der Waals surface area contributed by atoms with Gasteiger partial charge in [-0.2, -0.15) is 5.26 Å². The summed E-state index contributed by atoms with van der Waals surface area (Å²) in [5.41, 5.74) is -0.222. The van der Waals surface area contributed by atoms with Crippen LogP contribution in [0.4, 0.5) is 5.69 Å². The molecule has 1 fully saturated rings. The summed E-state index contributed by atoms with van der Waals surface area (Å²) >= 11 is 0. The lowest BCUT2D eigenvalue weighted by Gasteiger charge is -2.33. The Balaban J connectivity index is 1.65. The number of aromatic nitrogens is 2. The minimum Gasteiger partial charge on any atom is -0.424 e. The summed E-state index contributed by atoms with van der Waals surface area (Å²) in [4.78, 5) is 20.1. The van der Waals surface area contributed by atoms with Gasteiger partial charge in [-0.1, -0.05) is 0 Å². The maximum Gasteiger partial charge on any atom is 0.321 e. The fourth-order valence-corrected chi connectivity index (χ4v) is 2.22. The van der Waals surface area contributed by atoms with Gasteiger partial charge < -0.3 is 10.1 Å². The number of ether oxygens (including phenoxy) is 1. The van der Waals surface area contributed by atoms with Crippen molar-refractivity contribution in [3.8, 4) is 17.8 Å². The van der Waals surface area contributed by atoms with Crippen LogP contribution in [0.5, 0.6) is 11.8 Å². The van der Waals surface area contributed by atoms with Crippen LogP contribution in [-0.2, 0) is 4.79 Å². The molecule has 0 unspecified atom stereocenters. The van der Waals surface area contributed by atoms with E-state index in [9.17, 15) is 4.79 Å². The number of nitrogens with one attached hydrogen (secondary N) is 1. The smallest absolute Gasteiger partial charge is 0.321 e. The molecular formula is C16H14N4O2. The molecular weight excluding hydrogens is 280 g/mol. The van der Waals surface area contributed by atoms with E-state index in [2.05, 4.69) is 21.4 Å². The fourth-order valence-electron chi connectivity index (χ4n) is 2.22. The van der Waals surface area contributed by atoms with Crippen LogP contribution in [-0.4, -0.2) is 15.9 Å². The van der Waals surface area contributed by atoms with Crippen LogP contribution < -0.4 is 10.1 Å². The van der Waals surface area contributed by atoms with Crippen molar-refractivity contribution in [3.05, 3.63) is 42.7 Å². The van der Waals surface area contributed by atoms with E-state index in [1.807, 2.05) is 0 Å². The van der Waals surface area contributed by atoms with Crippen molar-refractivity contribution in [1.82, 2.24) is 9.97 Å². The summed E-state index contributed by atoms with van der Waals surface area (Å²) in [7, 11) is 0. The molecule has 1 amide bonds. The first-order valence-electron chi connectivity index (χ1n) is 6.99. The maximum atomic E-state index is 12.1. The van der Waals surface area contributed by atoms with E-state index in [1.165, 1.54) is 0 Å². The third-order valence-corrected chi connectivity index (χ3v) is 3.72. The molecule has 3 rings (SSSR count). The number of amides is 1. The van der Waals surface area contributed by atoms with Gasteiger partial charge >= 0.3 is 6.01 Å². The van der Waals surface area contributed by atoms with Gasteiger partial charge in [-0.15, -0.1) is 0 Å². The van der Waals surface area contributed by atoms with Crippen LogP contribution in [0.2, 0.25) is 0 Å². The van der Waals surface area contributed by atoms with E-state index in [4.69, 9.17) is 10.00 Å². The molecule has 0 spiro atoms. The van der Waals surface area contributed by atoms with Crippen molar-refractivity contribution in [1.29, 1.82) is 5.26 Å². The summed E-state index contributed by atoms with van der Waals surface area (Å²) in [5, 5.41) is 11.9. The Kier molecular flexibility index (Phi) is 3.71. The first-order chi connectivity index (χ1) is 10.7. The number of nitrogens with zero attached hydrogens (tertiary/aromatic N) is 3. The maximum absolute atomic E-state index is 12.1. The molecule has 0 atom stereocenters. The van der Waals surface area contributed by atoms with Crippen molar-refractivity contribution in [2.45, 2.75) is 19.3 Å². The number of hydrogen-bond acceptors (Lipinski definition) is 5. The highest BCUT2D eigenvalue weighted by Crippen LogP contribution is 2.41. The van der Waals surface area contributed by atoms with Crippen molar-refractivity contribution < 1.29 is 9.53 Å². The molecule has 1 aromatic carbocycles. The zero-order valence-electron chi connectivity index (χ0n) is 11.8. The second kappa shape index (κ2) is 5.82. The summed E-state index contributed by atoms with van der Waals surface area (Å²) in [5.74, 6) is 0.337. The van der Waals surface area contributed by atoms with Crippen LogP contribution >= 0.6 is 0 Å². The second-order valence-electron chi connectivity index (χ2n) is 5.16. The van der Waals surface area contributed by atoms with Crippen LogP contribution in [0.25, 0.3) is 0 Å². The lowest BCUT2D eigenvalue weighted by molar-refractivity contribution is -0.126. The number of anilines is 1. The molecule has 0 saturated heterocycles. The molecule has 110 valence electrons. The molecule has 1 N–H and O–H groups in total. The SMILES string of the molecule is N#CC1(C(=O)Nc2ccc(Oc3ncccn3)cc2)CCC1. The quantitative estimate of drug-likeness (QED) is 0.936. The third kappa shape index (κ3) is 2.74. The summed E-state index contributed by atoms with van der Waals surface area (Å²) in [6.45, 7) is 0. The largest absolute Gasteiger partial charge is 0.424 e. The van der Waals surface area contributed by atoms with E-state index in [0.29, 0.717) is 24.3 Å². The molecule has 6 nitrogen and oxygen atoms in total. The number of carbonyl (C=O) groups is 1. The van der Waals surface area contributed by atoms with E-state index >= 15 is 0 Å². The Bertz CT molecular complexity index is 703. The molecule has 22 heavy (non-hydrogen) atoms. The second-order valence-corrected chi connectivity index (χ2v) is 5.16. The minimum absolute atomic E-state index is 0.235. The standard InChI is InChI=1S/C16H14N4O2/c17-11-16(7-1-8-16)14(21)20-12-3-5-13(6-4-12)22-15-18-9-2-10-19-15/h2-6,9-10H,1,7-8H2,(H,20,21). The number of rotatable bonds is 4. The van der Waals surface area contributed by atoms with Crippen molar-refractivity contribution in [2.75, 3.05) is 5.32 Å². The molecule has 0 radical (unpaired) electrons. The predicted octanol–water partition coefficient (Wildman–Crippen LogP) is 2.90. The normalized spacial score (nSPS) is 15.2. The van der Waals surface area contributed by atoms with Gasteiger partial charge in [0.15, 0.2) is 0 Å². The highest BCUT2D eigenvalue weighted by molar-refractivity contribution is 5.97. The van der Waals surface area contributed by atoms with Crippen molar-refractivity contribution >= 4 is 11.6 Å². The average Bonchev–Trinajstić information content (AvgIpc) is 2.50. The fraction of sp³-hybridized carbons (Fsp3) is 0.250. The Labute approximate surface area is 127 Å². The summed E-state index contributed by atoms with van der Waals surface area (Å²) in [6.07, 6.45) is 5.36. The van der Waals surface area contributed by atoms with Gasteiger partial charge in [0.05, 0.1) is 6.07 Å². The van der Waals surface area contributed by atoms with Gasteiger partial charge in [0.2, 0.25) is 5.91 Å². The lowest BCUT2D eigenvalue weighted by Crippen LogP contribution is -2.40. The molecule has 1 aromatic heterocycles. The van der Waals surface area contributed by atoms with Crippen molar-refractivity contribution in [3.63, 3.8) is 0 Å². The highest BCUT2D eigenvalue weighted by atomic mass is 16.5. The topological polar surface area (TPSA) is 87.9 Å². The monoisotopic (exact) mass is 294 g/mol. The van der Waals surface area contributed by atoms with Gasteiger partial charge in [-0.25, -0.2) is 9.97 Å². The first-order valence-corrected chi connectivity index (χ1v) is 6.99. The van der Waals surface area contributed by atoms with Gasteiger partial charge in [-0.3, -0.25) is 4.79 Å². The molecule has 1 aliphatic rings. The van der Waals surface area contributed by atoms with Gasteiger partial charge in [-0.05, 0) is 49.6 Å². The zero-order chi connectivity index (χ0) is 15.4. The van der Waals surface area contributed by atoms with E-state index in [1.54, 1.807) is 42.7 Å². The van der Waals surface area contributed by atoms with Crippen LogP contribution in [0.3, 0.4) is 0 Å². The number of hydrogen-bond donors (Lipinski definition) is 1. The molecule has 0 aliphatic heterocycles. The molecule has 2 aromatic rings. The molecule has 6 heteroatoms. The van der Waals surface area contributed by atoms with Gasteiger partial charge in [0, 0.05) is 18.1 Å².